The minimum atomic E-state index is -0.762. The molecule has 7 heteroatoms. The van der Waals surface area contributed by atoms with Gasteiger partial charge in [-0.3, -0.25) is 9.59 Å². The van der Waals surface area contributed by atoms with Crippen molar-refractivity contribution >= 4 is 11.8 Å². The van der Waals surface area contributed by atoms with Crippen LogP contribution in [0, 0.1) is 12.8 Å². The smallest absolute Gasteiger partial charge is 0.273 e. The number of nitrogens with zero attached hydrogens (tertiary/aromatic N) is 1. The SMILES string of the molecule is Cc1cc(C(=O)N[C@@H]2CC[C@H](C(=O)NC3Cc4ccccc4C3)C[C@H]2O)no1. The molecular weight excluding hydrogens is 358 g/mol. The molecule has 1 heterocycles. The summed E-state index contributed by atoms with van der Waals surface area (Å²) in [4.78, 5) is 24.9. The molecule has 1 fully saturated rings. The van der Waals surface area contributed by atoms with Crippen molar-refractivity contribution in [2.24, 2.45) is 5.92 Å². The number of carbonyl (C=O) groups excluding carboxylic acids is 2. The van der Waals surface area contributed by atoms with E-state index in [4.69, 9.17) is 4.52 Å². The molecule has 1 aromatic carbocycles. The van der Waals surface area contributed by atoms with Crippen molar-refractivity contribution in [2.75, 3.05) is 0 Å². The Morgan fingerprint density at radius 2 is 1.86 bits per heavy atom. The molecule has 28 heavy (non-hydrogen) atoms. The van der Waals surface area contributed by atoms with Gasteiger partial charge >= 0.3 is 0 Å². The number of aliphatic hydroxyl groups excluding tert-OH is 1. The van der Waals surface area contributed by atoms with Crippen molar-refractivity contribution in [3.05, 3.63) is 52.9 Å². The summed E-state index contributed by atoms with van der Waals surface area (Å²) in [7, 11) is 0. The highest BCUT2D eigenvalue weighted by Crippen LogP contribution is 2.27. The largest absolute Gasteiger partial charge is 0.391 e. The van der Waals surface area contributed by atoms with Crippen LogP contribution in [-0.2, 0) is 17.6 Å². The lowest BCUT2D eigenvalue weighted by molar-refractivity contribution is -0.128. The normalized spacial score (nSPS) is 24.6. The Morgan fingerprint density at radius 1 is 1.14 bits per heavy atom. The first-order valence-corrected chi connectivity index (χ1v) is 9.79. The number of aryl methyl sites for hydroxylation is 1. The highest BCUT2D eigenvalue weighted by Gasteiger charge is 2.35. The maximum absolute atomic E-state index is 12.7. The van der Waals surface area contributed by atoms with E-state index in [2.05, 4.69) is 27.9 Å². The van der Waals surface area contributed by atoms with Gasteiger partial charge in [-0.05, 0) is 50.2 Å². The molecule has 2 aliphatic carbocycles. The molecule has 0 spiro atoms. The van der Waals surface area contributed by atoms with Crippen LogP contribution in [0.1, 0.15) is 46.6 Å². The van der Waals surface area contributed by atoms with E-state index in [0.29, 0.717) is 25.0 Å². The second-order valence-electron chi connectivity index (χ2n) is 7.86. The average Bonchev–Trinajstić information content (AvgIpc) is 3.28. The maximum Gasteiger partial charge on any atom is 0.273 e. The second-order valence-corrected chi connectivity index (χ2v) is 7.86. The Kier molecular flexibility index (Phi) is 5.17. The molecule has 2 amide bonds. The van der Waals surface area contributed by atoms with Crippen molar-refractivity contribution in [1.29, 1.82) is 0 Å². The summed E-state index contributed by atoms with van der Waals surface area (Å²) in [5.74, 6) is -0.0532. The number of amides is 2. The van der Waals surface area contributed by atoms with E-state index < -0.39 is 6.10 Å². The molecule has 0 unspecified atom stereocenters. The Hall–Kier alpha value is -2.67. The van der Waals surface area contributed by atoms with Gasteiger partial charge in [0.25, 0.3) is 5.91 Å². The Morgan fingerprint density at radius 3 is 2.46 bits per heavy atom. The van der Waals surface area contributed by atoms with Crippen LogP contribution < -0.4 is 10.6 Å². The summed E-state index contributed by atoms with van der Waals surface area (Å²) < 4.78 is 4.91. The number of fused-ring (bicyclic) bond motifs is 1. The lowest BCUT2D eigenvalue weighted by atomic mass is 9.83. The summed E-state index contributed by atoms with van der Waals surface area (Å²) in [6, 6.07) is 9.55. The molecule has 7 nitrogen and oxygen atoms in total. The van der Waals surface area contributed by atoms with Gasteiger partial charge in [-0.15, -0.1) is 0 Å². The molecule has 2 aliphatic rings. The lowest BCUT2D eigenvalue weighted by Crippen LogP contribution is -2.50. The maximum atomic E-state index is 12.7. The standard InChI is InChI=1S/C21H25N3O4/c1-12-8-18(24-28-12)21(27)23-17-7-6-15(11-19(17)25)20(26)22-16-9-13-4-2-3-5-14(13)10-16/h2-5,8,15-17,19,25H,6-7,9-11H2,1H3,(H,22,26)(H,23,27)/t15-,17+,19+/m0/s1. The van der Waals surface area contributed by atoms with Gasteiger partial charge in [-0.25, -0.2) is 0 Å². The fraction of sp³-hybridized carbons (Fsp3) is 0.476. The molecule has 1 saturated carbocycles. The summed E-state index contributed by atoms with van der Waals surface area (Å²) in [5, 5.41) is 20.1. The lowest BCUT2D eigenvalue weighted by Gasteiger charge is -2.33. The van der Waals surface area contributed by atoms with Crippen LogP contribution in [0.3, 0.4) is 0 Å². The van der Waals surface area contributed by atoms with Gasteiger partial charge in [-0.1, -0.05) is 29.4 Å². The minimum absolute atomic E-state index is 0.00578. The molecule has 3 atom stereocenters. The van der Waals surface area contributed by atoms with Gasteiger partial charge in [0.2, 0.25) is 5.91 Å². The van der Waals surface area contributed by atoms with Crippen molar-refractivity contribution in [1.82, 2.24) is 15.8 Å². The predicted molar refractivity (Wildman–Crippen MR) is 102 cm³/mol. The van der Waals surface area contributed by atoms with Crippen molar-refractivity contribution in [2.45, 2.75) is 57.2 Å². The average molecular weight is 383 g/mol. The number of benzene rings is 1. The molecule has 4 rings (SSSR count). The number of carbonyl (C=O) groups is 2. The molecule has 0 radical (unpaired) electrons. The van der Waals surface area contributed by atoms with Crippen molar-refractivity contribution in [3.8, 4) is 0 Å². The third kappa shape index (κ3) is 3.94. The Labute approximate surface area is 163 Å². The molecule has 0 saturated heterocycles. The Bertz CT molecular complexity index is 853. The third-order valence-electron chi connectivity index (χ3n) is 5.76. The molecule has 2 aromatic rings. The van der Waals surface area contributed by atoms with Crippen LogP contribution in [0.5, 0.6) is 0 Å². The summed E-state index contributed by atoms with van der Waals surface area (Å²) >= 11 is 0. The minimum Gasteiger partial charge on any atom is -0.391 e. The van der Waals surface area contributed by atoms with E-state index >= 15 is 0 Å². The quantitative estimate of drug-likeness (QED) is 0.743. The third-order valence-corrected chi connectivity index (χ3v) is 5.76. The van der Waals surface area contributed by atoms with E-state index in [0.717, 1.165) is 12.8 Å². The van der Waals surface area contributed by atoms with Gasteiger partial charge in [-0.2, -0.15) is 0 Å². The fourth-order valence-corrected chi connectivity index (χ4v) is 4.25. The zero-order valence-corrected chi connectivity index (χ0v) is 15.9. The zero-order chi connectivity index (χ0) is 19.7. The van der Waals surface area contributed by atoms with Crippen molar-refractivity contribution < 1.29 is 19.2 Å². The number of rotatable bonds is 4. The van der Waals surface area contributed by atoms with E-state index in [9.17, 15) is 14.7 Å². The van der Waals surface area contributed by atoms with Crippen LogP contribution in [0.2, 0.25) is 0 Å². The highest BCUT2D eigenvalue weighted by molar-refractivity contribution is 5.92. The fourth-order valence-electron chi connectivity index (χ4n) is 4.25. The molecule has 0 aliphatic heterocycles. The first kappa shape index (κ1) is 18.7. The van der Waals surface area contributed by atoms with E-state index in [1.165, 1.54) is 11.1 Å². The number of nitrogens with one attached hydrogen (secondary N) is 2. The van der Waals surface area contributed by atoms with Gasteiger partial charge in [0.1, 0.15) is 5.76 Å². The molecular formula is C21H25N3O4. The first-order valence-electron chi connectivity index (χ1n) is 9.79. The predicted octanol–water partition coefficient (Wildman–Crippen LogP) is 1.53. The van der Waals surface area contributed by atoms with E-state index in [1.54, 1.807) is 13.0 Å². The summed E-state index contributed by atoms with van der Waals surface area (Å²) in [6.07, 6.45) is 2.47. The Balaban J connectivity index is 1.28. The number of hydrogen-bond acceptors (Lipinski definition) is 5. The number of aromatic nitrogens is 1. The van der Waals surface area contributed by atoms with Gasteiger partial charge < -0.3 is 20.3 Å². The molecule has 1 aromatic heterocycles. The van der Waals surface area contributed by atoms with Crippen LogP contribution in [0.15, 0.2) is 34.9 Å². The zero-order valence-electron chi connectivity index (χ0n) is 15.9. The van der Waals surface area contributed by atoms with Crippen LogP contribution in [0.25, 0.3) is 0 Å². The van der Waals surface area contributed by atoms with E-state index in [-0.39, 0.29) is 35.5 Å². The van der Waals surface area contributed by atoms with Crippen LogP contribution >= 0.6 is 0 Å². The molecule has 3 N–H and O–H groups in total. The van der Waals surface area contributed by atoms with Crippen LogP contribution in [-0.4, -0.2) is 40.3 Å². The second kappa shape index (κ2) is 7.75. The number of aliphatic hydroxyl groups is 1. The summed E-state index contributed by atoms with van der Waals surface area (Å²) in [6.45, 7) is 1.71. The van der Waals surface area contributed by atoms with Gasteiger partial charge in [0, 0.05) is 18.0 Å². The van der Waals surface area contributed by atoms with Gasteiger partial charge in [0.15, 0.2) is 5.69 Å². The molecule has 0 bridgehead atoms. The molecule has 148 valence electrons. The summed E-state index contributed by atoms with van der Waals surface area (Å²) in [5.41, 5.74) is 2.79. The highest BCUT2D eigenvalue weighted by atomic mass is 16.5. The van der Waals surface area contributed by atoms with Crippen LogP contribution in [0.4, 0.5) is 0 Å². The van der Waals surface area contributed by atoms with Gasteiger partial charge in [0.05, 0.1) is 12.1 Å². The first-order chi connectivity index (χ1) is 13.5. The van der Waals surface area contributed by atoms with Crippen molar-refractivity contribution in [3.63, 3.8) is 0 Å². The monoisotopic (exact) mass is 383 g/mol. The van der Waals surface area contributed by atoms with E-state index in [1.807, 2.05) is 12.1 Å². The number of hydrogen-bond donors (Lipinski definition) is 3. The topological polar surface area (TPSA) is 104 Å².